The molecule has 4 nitrogen and oxygen atoms in total. The van der Waals surface area contributed by atoms with Crippen LogP contribution in [0.25, 0.3) is 0 Å². The third-order valence-electron chi connectivity index (χ3n) is 3.01. The number of rotatable bonds is 4. The highest BCUT2D eigenvalue weighted by molar-refractivity contribution is 9.10. The topological polar surface area (TPSA) is 47.6 Å². The van der Waals surface area contributed by atoms with Crippen LogP contribution in [0.2, 0.25) is 0 Å². The molecule has 0 atom stereocenters. The maximum Gasteiger partial charge on any atom is 0.256 e. The summed E-state index contributed by atoms with van der Waals surface area (Å²) in [6.45, 7) is 1.97. The second kappa shape index (κ2) is 6.63. The number of methoxy groups -OCH3 is 2. The van der Waals surface area contributed by atoms with Crippen molar-refractivity contribution in [2.24, 2.45) is 0 Å². The summed E-state index contributed by atoms with van der Waals surface area (Å²) in [4.78, 5) is 12.3. The number of ether oxygens (including phenoxy) is 2. The van der Waals surface area contributed by atoms with Gasteiger partial charge in [-0.25, -0.2) is 0 Å². The first-order chi connectivity index (χ1) is 10.0. The van der Waals surface area contributed by atoms with E-state index < -0.39 is 0 Å². The maximum atomic E-state index is 12.3. The Hall–Kier alpha value is -2.01. The van der Waals surface area contributed by atoms with Crippen LogP contribution in [-0.2, 0) is 0 Å². The molecule has 1 amide bonds. The third-order valence-corrected chi connectivity index (χ3v) is 3.67. The lowest BCUT2D eigenvalue weighted by Crippen LogP contribution is -2.12. The normalized spacial score (nSPS) is 10.1. The molecule has 1 N–H and O–H groups in total. The fraction of sp³-hybridized carbons (Fsp3) is 0.188. The summed E-state index contributed by atoms with van der Waals surface area (Å²) in [6, 6.07) is 10.8. The zero-order chi connectivity index (χ0) is 15.4. The molecule has 0 bridgehead atoms. The van der Waals surface area contributed by atoms with Gasteiger partial charge in [0, 0.05) is 16.2 Å². The summed E-state index contributed by atoms with van der Waals surface area (Å²) in [5.41, 5.74) is 2.31. The Morgan fingerprint density at radius 3 is 2.38 bits per heavy atom. The molecule has 0 unspecified atom stereocenters. The SMILES string of the molecule is COc1ccc(NC(=O)c2ccc(C)cc2Br)cc1OC. The van der Waals surface area contributed by atoms with E-state index in [0.29, 0.717) is 22.7 Å². The Morgan fingerprint density at radius 1 is 1.05 bits per heavy atom. The fourth-order valence-corrected chi connectivity index (χ4v) is 2.59. The first-order valence-electron chi connectivity index (χ1n) is 6.34. The Bertz CT molecular complexity index is 671. The minimum Gasteiger partial charge on any atom is -0.493 e. The molecule has 2 rings (SSSR count). The number of halogens is 1. The summed E-state index contributed by atoms with van der Waals surface area (Å²) in [7, 11) is 3.12. The van der Waals surface area contributed by atoms with Crippen molar-refractivity contribution in [2.75, 3.05) is 19.5 Å². The van der Waals surface area contributed by atoms with Gasteiger partial charge in [-0.2, -0.15) is 0 Å². The Balaban J connectivity index is 2.23. The first-order valence-corrected chi connectivity index (χ1v) is 7.14. The van der Waals surface area contributed by atoms with Crippen LogP contribution in [0.5, 0.6) is 11.5 Å². The number of carbonyl (C=O) groups excluding carboxylic acids is 1. The van der Waals surface area contributed by atoms with Crippen molar-refractivity contribution in [3.63, 3.8) is 0 Å². The van der Waals surface area contributed by atoms with E-state index in [0.717, 1.165) is 10.0 Å². The van der Waals surface area contributed by atoms with Gasteiger partial charge in [0.25, 0.3) is 5.91 Å². The van der Waals surface area contributed by atoms with Gasteiger partial charge < -0.3 is 14.8 Å². The Labute approximate surface area is 132 Å². The maximum absolute atomic E-state index is 12.3. The molecule has 2 aromatic rings. The number of aryl methyl sites for hydroxylation is 1. The second-order valence-corrected chi connectivity index (χ2v) is 5.36. The molecule has 21 heavy (non-hydrogen) atoms. The lowest BCUT2D eigenvalue weighted by Gasteiger charge is -2.11. The van der Waals surface area contributed by atoms with Gasteiger partial charge >= 0.3 is 0 Å². The van der Waals surface area contributed by atoms with Gasteiger partial charge in [-0.15, -0.1) is 0 Å². The standard InChI is InChI=1S/C16H16BrNO3/c1-10-4-6-12(13(17)8-10)16(19)18-11-5-7-14(20-2)15(9-11)21-3/h4-9H,1-3H3,(H,18,19). The number of anilines is 1. The second-order valence-electron chi connectivity index (χ2n) is 4.51. The summed E-state index contributed by atoms with van der Waals surface area (Å²) in [6.07, 6.45) is 0. The van der Waals surface area contributed by atoms with Gasteiger partial charge in [0.15, 0.2) is 11.5 Å². The summed E-state index contributed by atoms with van der Waals surface area (Å²) >= 11 is 3.41. The van der Waals surface area contributed by atoms with E-state index in [1.54, 1.807) is 38.5 Å². The van der Waals surface area contributed by atoms with Crippen molar-refractivity contribution in [1.82, 2.24) is 0 Å². The minimum atomic E-state index is -0.186. The lowest BCUT2D eigenvalue weighted by molar-refractivity contribution is 0.102. The number of benzene rings is 2. The smallest absolute Gasteiger partial charge is 0.256 e. The van der Waals surface area contributed by atoms with Gasteiger partial charge in [-0.1, -0.05) is 6.07 Å². The average molecular weight is 350 g/mol. The van der Waals surface area contributed by atoms with Gasteiger partial charge in [-0.05, 0) is 52.7 Å². The van der Waals surface area contributed by atoms with E-state index >= 15 is 0 Å². The molecule has 2 aromatic carbocycles. The molecule has 0 aromatic heterocycles. The van der Waals surface area contributed by atoms with Crippen molar-refractivity contribution in [1.29, 1.82) is 0 Å². The van der Waals surface area contributed by atoms with Crippen molar-refractivity contribution < 1.29 is 14.3 Å². The highest BCUT2D eigenvalue weighted by Crippen LogP contribution is 2.30. The highest BCUT2D eigenvalue weighted by atomic mass is 79.9. The van der Waals surface area contributed by atoms with Crippen LogP contribution in [-0.4, -0.2) is 20.1 Å². The monoisotopic (exact) mass is 349 g/mol. The van der Waals surface area contributed by atoms with Crippen LogP contribution in [0.1, 0.15) is 15.9 Å². The average Bonchev–Trinajstić information content (AvgIpc) is 2.46. The van der Waals surface area contributed by atoms with Gasteiger partial charge in [0.2, 0.25) is 0 Å². The Kier molecular flexibility index (Phi) is 4.85. The van der Waals surface area contributed by atoms with E-state index in [2.05, 4.69) is 21.2 Å². The molecule has 0 aliphatic heterocycles. The van der Waals surface area contributed by atoms with Gasteiger partial charge in [0.05, 0.1) is 19.8 Å². The predicted molar refractivity (Wildman–Crippen MR) is 86.4 cm³/mol. The highest BCUT2D eigenvalue weighted by Gasteiger charge is 2.12. The number of hydrogen-bond donors (Lipinski definition) is 1. The van der Waals surface area contributed by atoms with Crippen molar-refractivity contribution >= 4 is 27.5 Å². The van der Waals surface area contributed by atoms with Crippen LogP contribution < -0.4 is 14.8 Å². The van der Waals surface area contributed by atoms with E-state index in [1.807, 2.05) is 19.1 Å². The molecule has 110 valence electrons. The Morgan fingerprint density at radius 2 is 1.76 bits per heavy atom. The molecule has 0 heterocycles. The lowest BCUT2D eigenvalue weighted by atomic mass is 10.1. The zero-order valence-corrected chi connectivity index (χ0v) is 13.7. The molecule has 0 fully saturated rings. The molecular weight excluding hydrogens is 334 g/mol. The number of carbonyl (C=O) groups is 1. The molecule has 0 saturated carbocycles. The van der Waals surface area contributed by atoms with Crippen LogP contribution >= 0.6 is 15.9 Å². The quantitative estimate of drug-likeness (QED) is 0.906. The largest absolute Gasteiger partial charge is 0.493 e. The number of nitrogens with one attached hydrogen (secondary N) is 1. The minimum absolute atomic E-state index is 0.186. The molecule has 5 heteroatoms. The van der Waals surface area contributed by atoms with Crippen LogP contribution in [0.15, 0.2) is 40.9 Å². The zero-order valence-electron chi connectivity index (χ0n) is 12.1. The van der Waals surface area contributed by atoms with E-state index in [1.165, 1.54) is 0 Å². The molecule has 0 radical (unpaired) electrons. The predicted octanol–water partition coefficient (Wildman–Crippen LogP) is 4.03. The molecule has 0 saturated heterocycles. The number of amides is 1. The van der Waals surface area contributed by atoms with E-state index in [9.17, 15) is 4.79 Å². The molecule has 0 aliphatic rings. The van der Waals surface area contributed by atoms with Crippen molar-refractivity contribution in [3.05, 3.63) is 52.0 Å². The molecule has 0 aliphatic carbocycles. The van der Waals surface area contributed by atoms with E-state index in [4.69, 9.17) is 9.47 Å². The fourth-order valence-electron chi connectivity index (χ4n) is 1.92. The summed E-state index contributed by atoms with van der Waals surface area (Å²) in [5, 5.41) is 2.84. The van der Waals surface area contributed by atoms with Crippen LogP contribution in [0.3, 0.4) is 0 Å². The van der Waals surface area contributed by atoms with Gasteiger partial charge in [-0.3, -0.25) is 4.79 Å². The van der Waals surface area contributed by atoms with Crippen molar-refractivity contribution in [2.45, 2.75) is 6.92 Å². The van der Waals surface area contributed by atoms with Gasteiger partial charge in [0.1, 0.15) is 0 Å². The van der Waals surface area contributed by atoms with E-state index in [-0.39, 0.29) is 5.91 Å². The summed E-state index contributed by atoms with van der Waals surface area (Å²) < 4.78 is 11.2. The third kappa shape index (κ3) is 3.55. The van der Waals surface area contributed by atoms with Crippen LogP contribution in [0.4, 0.5) is 5.69 Å². The molecular formula is C16H16BrNO3. The summed E-state index contributed by atoms with van der Waals surface area (Å²) in [5.74, 6) is 0.999. The number of hydrogen-bond acceptors (Lipinski definition) is 3. The molecule has 0 spiro atoms. The van der Waals surface area contributed by atoms with Crippen molar-refractivity contribution in [3.8, 4) is 11.5 Å². The first kappa shape index (κ1) is 15.4. The van der Waals surface area contributed by atoms with Crippen LogP contribution in [0, 0.1) is 6.92 Å².